The van der Waals surface area contributed by atoms with E-state index in [2.05, 4.69) is 17.5 Å². The van der Waals surface area contributed by atoms with Gasteiger partial charge < -0.3 is 9.73 Å². The molecule has 14 heavy (non-hydrogen) atoms. The van der Waals surface area contributed by atoms with Crippen molar-refractivity contribution >= 4 is 5.57 Å². The topological polar surface area (TPSA) is 25.2 Å². The Labute approximate surface area is 84.0 Å². The van der Waals surface area contributed by atoms with Gasteiger partial charge in [-0.25, -0.2) is 0 Å². The van der Waals surface area contributed by atoms with Gasteiger partial charge in [-0.2, -0.15) is 0 Å². The molecule has 2 aliphatic rings. The Morgan fingerprint density at radius 2 is 2.29 bits per heavy atom. The maximum absolute atomic E-state index is 5.64. The minimum atomic E-state index is 0.746. The van der Waals surface area contributed by atoms with Crippen molar-refractivity contribution in [1.82, 2.24) is 5.32 Å². The van der Waals surface area contributed by atoms with Gasteiger partial charge in [0.2, 0.25) is 0 Å². The van der Waals surface area contributed by atoms with Crippen molar-refractivity contribution in [1.29, 1.82) is 0 Å². The minimum Gasteiger partial charge on any atom is -0.462 e. The van der Waals surface area contributed by atoms with E-state index >= 15 is 0 Å². The van der Waals surface area contributed by atoms with Crippen LogP contribution in [-0.4, -0.2) is 13.1 Å². The number of fused-ring (bicyclic) bond motifs is 1. The summed E-state index contributed by atoms with van der Waals surface area (Å²) in [7, 11) is 0. The molecule has 0 amide bonds. The van der Waals surface area contributed by atoms with E-state index in [1.54, 1.807) is 0 Å². The Morgan fingerprint density at radius 3 is 3.00 bits per heavy atom. The summed E-state index contributed by atoms with van der Waals surface area (Å²) in [6.45, 7) is 4.32. The zero-order valence-corrected chi connectivity index (χ0v) is 8.42. The molecular weight excluding hydrogens is 174 g/mol. The van der Waals surface area contributed by atoms with E-state index in [-0.39, 0.29) is 0 Å². The van der Waals surface area contributed by atoms with Crippen molar-refractivity contribution < 1.29 is 4.42 Å². The lowest BCUT2D eigenvalue weighted by Crippen LogP contribution is -2.09. The van der Waals surface area contributed by atoms with Crippen LogP contribution in [0.4, 0.5) is 0 Å². The molecule has 1 aromatic rings. The summed E-state index contributed by atoms with van der Waals surface area (Å²) in [5.41, 5.74) is 1.41. The van der Waals surface area contributed by atoms with Crippen molar-refractivity contribution in [3.63, 3.8) is 0 Å². The van der Waals surface area contributed by atoms with Crippen LogP contribution in [0.15, 0.2) is 22.6 Å². The lowest BCUT2D eigenvalue weighted by Gasteiger charge is -2.04. The highest BCUT2D eigenvalue weighted by molar-refractivity contribution is 5.64. The molecule has 0 spiro atoms. The molecule has 1 saturated heterocycles. The first kappa shape index (κ1) is 8.30. The van der Waals surface area contributed by atoms with Gasteiger partial charge in [-0.1, -0.05) is 6.08 Å². The van der Waals surface area contributed by atoms with Crippen molar-refractivity contribution in [3.05, 3.63) is 29.7 Å². The Bertz CT molecular complexity index is 377. The zero-order valence-electron chi connectivity index (χ0n) is 8.42. The van der Waals surface area contributed by atoms with Crippen LogP contribution in [0.2, 0.25) is 0 Å². The van der Waals surface area contributed by atoms with Crippen LogP contribution < -0.4 is 5.32 Å². The lowest BCUT2D eigenvalue weighted by atomic mass is 10.00. The third-order valence-corrected chi connectivity index (χ3v) is 3.35. The molecule has 2 nitrogen and oxygen atoms in total. The molecular formula is C12H15NO. The van der Waals surface area contributed by atoms with Crippen molar-refractivity contribution in [3.8, 4) is 0 Å². The number of nitrogens with one attached hydrogen (secondary N) is 1. The van der Waals surface area contributed by atoms with Crippen molar-refractivity contribution in [2.75, 3.05) is 13.1 Å². The fourth-order valence-electron chi connectivity index (χ4n) is 2.57. The zero-order chi connectivity index (χ0) is 9.54. The summed E-state index contributed by atoms with van der Waals surface area (Å²) in [5, 5.41) is 3.43. The molecule has 0 aromatic carbocycles. The fraction of sp³-hybridized carbons (Fsp3) is 0.500. The summed E-state index contributed by atoms with van der Waals surface area (Å²) < 4.78 is 5.64. The van der Waals surface area contributed by atoms with Gasteiger partial charge in [-0.05, 0) is 49.4 Å². The lowest BCUT2D eigenvalue weighted by molar-refractivity contribution is 0.509. The summed E-state index contributed by atoms with van der Waals surface area (Å²) in [6, 6.07) is 4.14. The maximum Gasteiger partial charge on any atom is 0.129 e. The van der Waals surface area contributed by atoms with Crippen LogP contribution in [0.25, 0.3) is 5.57 Å². The maximum atomic E-state index is 5.64. The van der Waals surface area contributed by atoms with Crippen LogP contribution in [0, 0.1) is 18.8 Å². The van der Waals surface area contributed by atoms with Gasteiger partial charge in [-0.3, -0.25) is 0 Å². The molecule has 2 atom stereocenters. The third-order valence-electron chi connectivity index (χ3n) is 3.35. The highest BCUT2D eigenvalue weighted by Crippen LogP contribution is 2.38. The SMILES string of the molecule is Cc1ccc(C2=CC3CNCC3C2)o1. The molecule has 74 valence electrons. The predicted molar refractivity (Wildman–Crippen MR) is 55.9 cm³/mol. The molecule has 3 rings (SSSR count). The second kappa shape index (κ2) is 2.99. The second-order valence-corrected chi connectivity index (χ2v) is 4.39. The third kappa shape index (κ3) is 1.22. The smallest absolute Gasteiger partial charge is 0.129 e. The van der Waals surface area contributed by atoms with E-state index in [0.717, 1.165) is 29.9 Å². The number of aryl methyl sites for hydroxylation is 1. The molecule has 1 fully saturated rings. The Hall–Kier alpha value is -1.02. The molecule has 1 aromatic heterocycles. The standard InChI is InChI=1S/C12H15NO/c1-8-2-3-12(14-8)9-4-10-6-13-7-11(10)5-9/h2-4,10-11,13H,5-7H2,1H3. The van der Waals surface area contributed by atoms with Gasteiger partial charge >= 0.3 is 0 Å². The van der Waals surface area contributed by atoms with Gasteiger partial charge in [0, 0.05) is 6.54 Å². The second-order valence-electron chi connectivity index (χ2n) is 4.39. The molecule has 1 aliphatic heterocycles. The number of hydrogen-bond donors (Lipinski definition) is 1. The van der Waals surface area contributed by atoms with Crippen LogP contribution in [0.3, 0.4) is 0 Å². The highest BCUT2D eigenvalue weighted by atomic mass is 16.3. The van der Waals surface area contributed by atoms with E-state index in [0.29, 0.717) is 0 Å². The van der Waals surface area contributed by atoms with E-state index in [4.69, 9.17) is 4.42 Å². The van der Waals surface area contributed by atoms with Crippen LogP contribution >= 0.6 is 0 Å². The Balaban J connectivity index is 1.87. The predicted octanol–water partition coefficient (Wildman–Crippen LogP) is 2.21. The first-order valence-electron chi connectivity index (χ1n) is 5.31. The van der Waals surface area contributed by atoms with Crippen LogP contribution in [0.1, 0.15) is 17.9 Å². The molecule has 2 heteroatoms. The molecule has 1 N–H and O–H groups in total. The molecule has 0 saturated carbocycles. The van der Waals surface area contributed by atoms with Gasteiger partial charge in [0.05, 0.1) is 0 Å². The van der Waals surface area contributed by atoms with Crippen molar-refractivity contribution in [2.45, 2.75) is 13.3 Å². The summed E-state index contributed by atoms with van der Waals surface area (Å²) in [6.07, 6.45) is 3.58. The number of furan rings is 1. The molecule has 2 unspecified atom stereocenters. The van der Waals surface area contributed by atoms with E-state index in [1.165, 1.54) is 18.5 Å². The first-order chi connectivity index (χ1) is 6.83. The Kier molecular flexibility index (Phi) is 1.77. The van der Waals surface area contributed by atoms with Gasteiger partial charge in [-0.15, -0.1) is 0 Å². The highest BCUT2D eigenvalue weighted by Gasteiger charge is 2.32. The van der Waals surface area contributed by atoms with E-state index < -0.39 is 0 Å². The average Bonchev–Trinajstić information content (AvgIpc) is 2.75. The molecule has 2 heterocycles. The van der Waals surface area contributed by atoms with Crippen molar-refractivity contribution in [2.24, 2.45) is 11.8 Å². The van der Waals surface area contributed by atoms with Gasteiger partial charge in [0.1, 0.15) is 11.5 Å². The summed E-state index contributed by atoms with van der Waals surface area (Å²) in [5.74, 6) is 3.65. The largest absolute Gasteiger partial charge is 0.462 e. The molecule has 1 aliphatic carbocycles. The van der Waals surface area contributed by atoms with E-state index in [1.807, 2.05) is 13.0 Å². The first-order valence-corrected chi connectivity index (χ1v) is 5.31. The average molecular weight is 189 g/mol. The fourth-order valence-corrected chi connectivity index (χ4v) is 2.57. The minimum absolute atomic E-state index is 0.746. The molecule has 0 radical (unpaired) electrons. The number of allylic oxidation sites excluding steroid dienone is 1. The Morgan fingerprint density at radius 1 is 1.36 bits per heavy atom. The normalized spacial score (nSPS) is 30.5. The van der Waals surface area contributed by atoms with Gasteiger partial charge in [0.15, 0.2) is 0 Å². The summed E-state index contributed by atoms with van der Waals surface area (Å²) in [4.78, 5) is 0. The monoisotopic (exact) mass is 189 g/mol. The van der Waals surface area contributed by atoms with Gasteiger partial charge in [0.25, 0.3) is 0 Å². The van der Waals surface area contributed by atoms with Crippen LogP contribution in [0.5, 0.6) is 0 Å². The number of hydrogen-bond acceptors (Lipinski definition) is 2. The number of rotatable bonds is 1. The summed E-state index contributed by atoms with van der Waals surface area (Å²) >= 11 is 0. The quantitative estimate of drug-likeness (QED) is 0.732. The van der Waals surface area contributed by atoms with E-state index in [9.17, 15) is 0 Å². The molecule has 0 bridgehead atoms. The van der Waals surface area contributed by atoms with Crippen LogP contribution in [-0.2, 0) is 0 Å².